The van der Waals surface area contributed by atoms with Crippen molar-refractivity contribution >= 4 is 66.4 Å². The number of hydrogen-bond donors (Lipinski definition) is 0. The Morgan fingerprint density at radius 2 is 0.625 bits per heavy atom. The van der Waals surface area contributed by atoms with Gasteiger partial charge in [-0.25, -0.2) is 0 Å². The van der Waals surface area contributed by atoms with E-state index >= 15 is 0 Å². The quantitative estimate of drug-likeness (QED) is 0.160. The molecule has 0 unspecified atom stereocenters. The predicted octanol–water partition coefficient (Wildman–Crippen LogP) is 16.9. The lowest BCUT2D eigenvalue weighted by molar-refractivity contribution is 1.09. The lowest BCUT2D eigenvalue weighted by Crippen LogP contribution is -2.18. The van der Waals surface area contributed by atoms with Crippen LogP contribution in [0.25, 0.3) is 65.7 Å². The van der Waals surface area contributed by atoms with E-state index in [0.717, 1.165) is 24.2 Å². The van der Waals surface area contributed by atoms with Crippen molar-refractivity contribution in [3.63, 3.8) is 0 Å². The van der Waals surface area contributed by atoms with Gasteiger partial charge in [0.15, 0.2) is 0 Å². The maximum absolute atomic E-state index is 2.48. The summed E-state index contributed by atoms with van der Waals surface area (Å²) in [4.78, 5) is 4.95. The fraction of sp³-hybridized carbons (Fsp3) is 0.0323. The van der Waals surface area contributed by atoms with Gasteiger partial charge in [-0.3, -0.25) is 0 Å². The van der Waals surface area contributed by atoms with Crippen molar-refractivity contribution < 1.29 is 0 Å². The first-order chi connectivity index (χ1) is 31.7. The number of para-hydroxylation sites is 4. The third-order valence-electron chi connectivity index (χ3n) is 13.6. The van der Waals surface area contributed by atoms with Gasteiger partial charge in [0.1, 0.15) is 0 Å². The van der Waals surface area contributed by atoms with Crippen molar-refractivity contribution in [1.29, 1.82) is 0 Å². The van der Waals surface area contributed by atoms with E-state index in [-0.39, 0.29) is 0 Å². The van der Waals surface area contributed by atoms with Crippen molar-refractivity contribution in [2.45, 2.75) is 12.8 Å². The predicted molar refractivity (Wildman–Crippen MR) is 270 cm³/mol. The molecule has 300 valence electrons. The first-order valence-electron chi connectivity index (χ1n) is 22.3. The molecule has 0 saturated carbocycles. The summed E-state index contributed by atoms with van der Waals surface area (Å²) in [6, 6.07) is 85.6. The van der Waals surface area contributed by atoms with Crippen LogP contribution in [0.4, 0.5) is 34.1 Å². The molecule has 0 aromatic heterocycles. The minimum atomic E-state index is 0.918. The van der Waals surface area contributed by atoms with Crippen LogP contribution >= 0.6 is 0 Å². The van der Waals surface area contributed by atoms with Gasteiger partial charge in [0.2, 0.25) is 0 Å². The third-order valence-corrected chi connectivity index (χ3v) is 13.6. The number of nitrogens with zero attached hydrogens (tertiary/aromatic N) is 2. The van der Waals surface area contributed by atoms with Crippen molar-refractivity contribution in [3.8, 4) is 33.4 Å². The Morgan fingerprint density at radius 3 is 1.09 bits per heavy atom. The number of anilines is 6. The van der Waals surface area contributed by atoms with Crippen molar-refractivity contribution in [2.75, 3.05) is 9.80 Å². The van der Waals surface area contributed by atoms with Gasteiger partial charge in [0, 0.05) is 47.0 Å². The lowest BCUT2D eigenvalue weighted by atomic mass is 9.84. The van der Waals surface area contributed by atoms with Crippen molar-refractivity contribution in [1.82, 2.24) is 0 Å². The van der Waals surface area contributed by atoms with Gasteiger partial charge in [0.05, 0.1) is 0 Å². The van der Waals surface area contributed by atoms with E-state index in [2.05, 4.69) is 240 Å². The molecule has 0 amide bonds. The van der Waals surface area contributed by atoms with Crippen LogP contribution in [0.2, 0.25) is 0 Å². The second-order valence-electron chi connectivity index (χ2n) is 17.3. The highest BCUT2D eigenvalue weighted by Gasteiger charge is 2.27. The van der Waals surface area contributed by atoms with Gasteiger partial charge in [-0.05, 0) is 149 Å². The molecule has 11 aromatic carbocycles. The summed E-state index contributed by atoms with van der Waals surface area (Å²) in [7, 11) is 0. The standard InChI is InChI=1S/C62H42N2/c1-3-15-41(16-4-1)43-27-28-45-36-50(30-29-44(45)35-43)62-54-34-32-51(63-57-23-11-7-19-46(57)37-47-20-8-12-24-58(47)63)39-55(54)61(42-17-5-2-6-18-42)53-33-31-52(40-56(53)62)64-59-25-13-9-21-48(59)38-49-22-10-14-26-60(49)64/h1-36,39-40H,37-38H2. The average Bonchev–Trinajstić information content (AvgIpc) is 3.36. The minimum absolute atomic E-state index is 0.918. The highest BCUT2D eigenvalue weighted by Crippen LogP contribution is 2.51. The van der Waals surface area contributed by atoms with Crippen LogP contribution < -0.4 is 9.80 Å². The first kappa shape index (κ1) is 36.5. The molecule has 64 heavy (non-hydrogen) atoms. The normalized spacial score (nSPS) is 12.8. The average molecular weight is 815 g/mol. The number of hydrogen-bond acceptors (Lipinski definition) is 2. The molecule has 0 spiro atoms. The Kier molecular flexibility index (Phi) is 8.39. The maximum Gasteiger partial charge on any atom is 0.0497 e. The zero-order chi connectivity index (χ0) is 42.1. The van der Waals surface area contributed by atoms with Gasteiger partial charge in [-0.1, -0.05) is 170 Å². The van der Waals surface area contributed by atoms with E-state index in [1.807, 2.05) is 0 Å². The summed E-state index contributed by atoms with van der Waals surface area (Å²) < 4.78 is 0. The smallest absolute Gasteiger partial charge is 0.0497 e. The molecular formula is C62H42N2. The molecule has 2 heterocycles. The highest BCUT2D eigenvalue weighted by atomic mass is 15.2. The molecule has 2 nitrogen and oxygen atoms in total. The zero-order valence-corrected chi connectivity index (χ0v) is 35.2. The van der Waals surface area contributed by atoms with E-state index in [1.165, 1.54) is 111 Å². The molecule has 2 aliphatic rings. The fourth-order valence-electron chi connectivity index (χ4n) is 10.7. The fourth-order valence-corrected chi connectivity index (χ4v) is 10.7. The van der Waals surface area contributed by atoms with E-state index in [1.54, 1.807) is 0 Å². The second kappa shape index (κ2) is 14.7. The van der Waals surface area contributed by atoms with E-state index < -0.39 is 0 Å². The van der Waals surface area contributed by atoms with Gasteiger partial charge in [-0.15, -0.1) is 0 Å². The molecule has 2 aliphatic heterocycles. The topological polar surface area (TPSA) is 6.48 Å². The van der Waals surface area contributed by atoms with Crippen LogP contribution in [0.3, 0.4) is 0 Å². The summed E-state index contributed by atoms with van der Waals surface area (Å²) in [6.07, 6.45) is 1.84. The summed E-state index contributed by atoms with van der Waals surface area (Å²) >= 11 is 0. The monoisotopic (exact) mass is 814 g/mol. The van der Waals surface area contributed by atoms with Crippen LogP contribution in [0.15, 0.2) is 231 Å². The SMILES string of the molecule is c1ccc(-c2ccc3cc(-c4c5ccc(N6c7ccccc7Cc7ccccc76)cc5c(-c5ccccc5)c5ccc(N6c7ccccc7Cc7ccccc76)cc45)ccc3c2)cc1. The Morgan fingerprint density at radius 1 is 0.250 bits per heavy atom. The van der Waals surface area contributed by atoms with Crippen LogP contribution in [-0.2, 0) is 12.8 Å². The summed E-state index contributed by atoms with van der Waals surface area (Å²) in [5.74, 6) is 0. The number of benzene rings is 11. The Bertz CT molecular complexity index is 3530. The Balaban J connectivity index is 1.11. The van der Waals surface area contributed by atoms with Gasteiger partial charge in [0.25, 0.3) is 0 Å². The highest BCUT2D eigenvalue weighted by molar-refractivity contribution is 6.23. The van der Waals surface area contributed by atoms with E-state index in [4.69, 9.17) is 0 Å². The molecule has 0 saturated heterocycles. The summed E-state index contributed by atoms with van der Waals surface area (Å²) in [5, 5.41) is 7.36. The third kappa shape index (κ3) is 5.87. The molecule has 0 fully saturated rings. The second-order valence-corrected chi connectivity index (χ2v) is 17.3. The van der Waals surface area contributed by atoms with Crippen LogP contribution in [0.5, 0.6) is 0 Å². The largest absolute Gasteiger partial charge is 0.310 e. The number of fused-ring (bicyclic) bond motifs is 7. The van der Waals surface area contributed by atoms with E-state index in [0.29, 0.717) is 0 Å². The first-order valence-corrected chi connectivity index (χ1v) is 22.3. The van der Waals surface area contributed by atoms with Crippen LogP contribution in [-0.4, -0.2) is 0 Å². The van der Waals surface area contributed by atoms with Crippen molar-refractivity contribution in [2.24, 2.45) is 0 Å². The molecular weight excluding hydrogens is 773 g/mol. The van der Waals surface area contributed by atoms with Crippen molar-refractivity contribution in [3.05, 3.63) is 253 Å². The van der Waals surface area contributed by atoms with Gasteiger partial charge in [-0.2, -0.15) is 0 Å². The Hall–Kier alpha value is -8.20. The molecule has 0 atom stereocenters. The summed E-state index contributed by atoms with van der Waals surface area (Å²) in [5.41, 5.74) is 19.9. The number of rotatable bonds is 5. The molecule has 11 aromatic rings. The lowest BCUT2D eigenvalue weighted by Gasteiger charge is -2.34. The van der Waals surface area contributed by atoms with Crippen LogP contribution in [0.1, 0.15) is 22.3 Å². The maximum atomic E-state index is 2.48. The minimum Gasteiger partial charge on any atom is -0.310 e. The van der Waals surface area contributed by atoms with Crippen LogP contribution in [0, 0.1) is 0 Å². The molecule has 0 bridgehead atoms. The zero-order valence-electron chi connectivity index (χ0n) is 35.2. The molecule has 0 N–H and O–H groups in total. The van der Waals surface area contributed by atoms with Gasteiger partial charge >= 0.3 is 0 Å². The molecule has 13 rings (SSSR count). The Labute approximate surface area is 373 Å². The van der Waals surface area contributed by atoms with E-state index in [9.17, 15) is 0 Å². The van der Waals surface area contributed by atoms with Gasteiger partial charge < -0.3 is 9.80 Å². The molecule has 0 radical (unpaired) electrons. The summed E-state index contributed by atoms with van der Waals surface area (Å²) in [6.45, 7) is 0. The molecule has 0 aliphatic carbocycles. The molecule has 2 heteroatoms.